The average Bonchev–Trinajstić information content (AvgIpc) is 3.09. The van der Waals surface area contributed by atoms with E-state index in [9.17, 15) is 45.8 Å². The molecule has 31 heavy (non-hydrogen) atoms. The Kier molecular flexibility index (Phi) is 4.23. The molecule has 0 aromatic heterocycles. The van der Waals surface area contributed by atoms with E-state index in [4.69, 9.17) is 0 Å². The van der Waals surface area contributed by atoms with E-state index in [1.165, 1.54) is 0 Å². The van der Waals surface area contributed by atoms with Gasteiger partial charge in [-0.3, -0.25) is 0 Å². The highest BCUT2D eigenvalue weighted by Gasteiger charge is 2.72. The molecule has 2 heterocycles. The fourth-order valence-electron chi connectivity index (χ4n) is 3.71. The Morgan fingerprint density at radius 3 is 1.81 bits per heavy atom. The molecule has 2 aliphatic heterocycles. The van der Waals surface area contributed by atoms with Crippen molar-refractivity contribution in [3.05, 3.63) is 69.8 Å². The SMILES string of the molecule is O=C1OC(=O)c2cc(C(c3ccc4c(c3)C(=O)OC4O)(C(F)(F)F)C(F)(F)F)ccc21. The Balaban J connectivity index is 2.05. The lowest BCUT2D eigenvalue weighted by molar-refractivity contribution is -0.288. The Bertz CT molecular complexity index is 1140. The number of halogens is 6. The number of aliphatic hydroxyl groups is 1. The molecule has 0 spiro atoms. The van der Waals surface area contributed by atoms with Crippen LogP contribution in [0.25, 0.3) is 0 Å². The number of ether oxygens (including phenoxy) is 2. The summed E-state index contributed by atoms with van der Waals surface area (Å²) in [6.45, 7) is 0. The van der Waals surface area contributed by atoms with Crippen LogP contribution in [0.5, 0.6) is 0 Å². The van der Waals surface area contributed by atoms with Gasteiger partial charge in [-0.2, -0.15) is 26.3 Å². The zero-order chi connectivity index (χ0) is 22.9. The van der Waals surface area contributed by atoms with Gasteiger partial charge in [0.15, 0.2) is 0 Å². The summed E-state index contributed by atoms with van der Waals surface area (Å²) in [5, 5.41) is 9.57. The van der Waals surface area contributed by atoms with Crippen molar-refractivity contribution in [3.63, 3.8) is 0 Å². The van der Waals surface area contributed by atoms with Crippen LogP contribution in [0.3, 0.4) is 0 Å². The van der Waals surface area contributed by atoms with Gasteiger partial charge >= 0.3 is 30.3 Å². The van der Waals surface area contributed by atoms with Crippen molar-refractivity contribution in [3.8, 4) is 0 Å². The first kappa shape index (κ1) is 20.8. The number of fused-ring (bicyclic) bond motifs is 2. The van der Waals surface area contributed by atoms with Crippen molar-refractivity contribution in [1.82, 2.24) is 0 Å². The second-order valence-corrected chi connectivity index (χ2v) is 6.74. The third-order valence-electron chi connectivity index (χ3n) is 5.12. The first-order chi connectivity index (χ1) is 14.3. The Hall–Kier alpha value is -3.41. The summed E-state index contributed by atoms with van der Waals surface area (Å²) in [5.41, 5.74) is -9.68. The summed E-state index contributed by atoms with van der Waals surface area (Å²) in [6, 6.07) is 2.87. The molecule has 4 rings (SSSR count). The lowest BCUT2D eigenvalue weighted by Gasteiger charge is -2.38. The van der Waals surface area contributed by atoms with Crippen molar-refractivity contribution in [2.24, 2.45) is 0 Å². The van der Waals surface area contributed by atoms with Crippen LogP contribution >= 0.6 is 0 Å². The fraction of sp³-hybridized carbons (Fsp3) is 0.211. The van der Waals surface area contributed by atoms with Gasteiger partial charge in [-0.15, -0.1) is 0 Å². The van der Waals surface area contributed by atoms with Crippen LogP contribution in [-0.4, -0.2) is 35.4 Å². The molecule has 0 radical (unpaired) electrons. The number of benzene rings is 2. The normalized spacial score (nSPS) is 18.5. The number of rotatable bonds is 2. The first-order valence-corrected chi connectivity index (χ1v) is 8.37. The molecule has 1 N–H and O–H groups in total. The number of hydrogen-bond donors (Lipinski definition) is 1. The molecule has 0 amide bonds. The van der Waals surface area contributed by atoms with Gasteiger partial charge in [0.05, 0.1) is 16.7 Å². The summed E-state index contributed by atoms with van der Waals surface area (Å²) in [7, 11) is 0. The Morgan fingerprint density at radius 2 is 1.23 bits per heavy atom. The van der Waals surface area contributed by atoms with Crippen LogP contribution in [0.4, 0.5) is 26.3 Å². The molecule has 2 aromatic carbocycles. The van der Waals surface area contributed by atoms with Gasteiger partial charge in [0.2, 0.25) is 11.7 Å². The molecule has 2 aliphatic rings. The highest BCUT2D eigenvalue weighted by Crippen LogP contribution is 2.57. The first-order valence-electron chi connectivity index (χ1n) is 8.37. The summed E-state index contributed by atoms with van der Waals surface area (Å²) < 4.78 is 94.0. The molecule has 1 atom stereocenters. The molecule has 0 saturated heterocycles. The number of alkyl halides is 6. The van der Waals surface area contributed by atoms with Crippen molar-refractivity contribution >= 4 is 17.9 Å². The van der Waals surface area contributed by atoms with E-state index in [-0.39, 0.29) is 5.56 Å². The average molecular weight is 446 g/mol. The van der Waals surface area contributed by atoms with E-state index in [1.807, 2.05) is 0 Å². The van der Waals surface area contributed by atoms with Gasteiger partial charge < -0.3 is 14.6 Å². The molecule has 0 fully saturated rings. The quantitative estimate of drug-likeness (QED) is 0.431. The number of carbonyl (C=O) groups excluding carboxylic acids is 3. The Morgan fingerprint density at radius 1 is 0.710 bits per heavy atom. The number of carbonyl (C=O) groups is 3. The molecule has 0 aliphatic carbocycles. The number of aliphatic hydroxyl groups excluding tert-OH is 1. The standard InChI is InChI=1S/C19H8F6O6/c20-18(21,22)17(19(23,24)25,7-1-3-9-11(5-7)15(28)30-13(9)26)8-2-4-10-12(6-8)16(29)31-14(10)27/h1-6,13,26H. The lowest BCUT2D eigenvalue weighted by atomic mass is 9.71. The molecular formula is C19H8F6O6. The van der Waals surface area contributed by atoms with Gasteiger partial charge in [0.1, 0.15) is 0 Å². The second kappa shape index (κ2) is 6.30. The van der Waals surface area contributed by atoms with Crippen LogP contribution < -0.4 is 0 Å². The minimum Gasteiger partial charge on any atom is -0.428 e. The largest absolute Gasteiger partial charge is 0.428 e. The summed E-state index contributed by atoms with van der Waals surface area (Å²) in [5.74, 6) is -3.89. The summed E-state index contributed by atoms with van der Waals surface area (Å²) in [4.78, 5) is 35.0. The number of hydrogen-bond acceptors (Lipinski definition) is 6. The van der Waals surface area contributed by atoms with E-state index < -0.39 is 69.8 Å². The van der Waals surface area contributed by atoms with E-state index in [0.717, 1.165) is 6.07 Å². The van der Waals surface area contributed by atoms with E-state index in [0.29, 0.717) is 30.3 Å². The van der Waals surface area contributed by atoms with Crippen molar-refractivity contribution in [1.29, 1.82) is 0 Å². The lowest BCUT2D eigenvalue weighted by Crippen LogP contribution is -2.55. The van der Waals surface area contributed by atoms with Crippen LogP contribution in [0.1, 0.15) is 54.1 Å². The smallest absolute Gasteiger partial charge is 0.411 e. The number of cyclic esters (lactones) is 3. The molecule has 0 bridgehead atoms. The van der Waals surface area contributed by atoms with Gasteiger partial charge in [-0.1, -0.05) is 18.2 Å². The van der Waals surface area contributed by atoms with Crippen molar-refractivity contribution in [2.45, 2.75) is 24.1 Å². The Labute approximate surface area is 168 Å². The highest BCUT2D eigenvalue weighted by atomic mass is 19.4. The van der Waals surface area contributed by atoms with Gasteiger partial charge in [-0.05, 0) is 29.3 Å². The number of esters is 3. The van der Waals surface area contributed by atoms with Crippen LogP contribution in [-0.2, 0) is 14.9 Å². The molecule has 2 aromatic rings. The molecular weight excluding hydrogens is 438 g/mol. The van der Waals surface area contributed by atoms with Gasteiger partial charge in [0.25, 0.3) is 0 Å². The molecule has 12 heteroatoms. The highest BCUT2D eigenvalue weighted by molar-refractivity contribution is 6.14. The molecule has 0 saturated carbocycles. The maximum atomic E-state index is 14.2. The maximum absolute atomic E-state index is 14.2. The van der Waals surface area contributed by atoms with E-state index >= 15 is 0 Å². The summed E-state index contributed by atoms with van der Waals surface area (Å²) >= 11 is 0. The van der Waals surface area contributed by atoms with E-state index in [1.54, 1.807) is 0 Å². The molecule has 162 valence electrons. The van der Waals surface area contributed by atoms with Crippen LogP contribution in [0, 0.1) is 0 Å². The third-order valence-corrected chi connectivity index (χ3v) is 5.12. The van der Waals surface area contributed by atoms with Crippen LogP contribution in [0.2, 0.25) is 0 Å². The van der Waals surface area contributed by atoms with Gasteiger partial charge in [0, 0.05) is 5.56 Å². The maximum Gasteiger partial charge on any atom is 0.411 e. The zero-order valence-corrected chi connectivity index (χ0v) is 14.8. The third kappa shape index (κ3) is 2.74. The zero-order valence-electron chi connectivity index (χ0n) is 14.8. The molecule has 6 nitrogen and oxygen atoms in total. The van der Waals surface area contributed by atoms with Crippen molar-refractivity contribution < 1.29 is 55.3 Å². The van der Waals surface area contributed by atoms with Crippen molar-refractivity contribution in [2.75, 3.05) is 0 Å². The predicted molar refractivity (Wildman–Crippen MR) is 85.9 cm³/mol. The second-order valence-electron chi connectivity index (χ2n) is 6.74. The predicted octanol–water partition coefficient (Wildman–Crippen LogP) is 3.57. The minimum atomic E-state index is -6.00. The monoisotopic (exact) mass is 446 g/mol. The fourth-order valence-corrected chi connectivity index (χ4v) is 3.71. The minimum absolute atomic E-state index is 0.296. The van der Waals surface area contributed by atoms with Crippen LogP contribution in [0.15, 0.2) is 36.4 Å². The van der Waals surface area contributed by atoms with Gasteiger partial charge in [-0.25, -0.2) is 14.4 Å². The molecule has 1 unspecified atom stereocenters. The topological polar surface area (TPSA) is 89.9 Å². The summed E-state index contributed by atoms with van der Waals surface area (Å²) in [6.07, 6.45) is -13.8. The van der Waals surface area contributed by atoms with E-state index in [2.05, 4.69) is 9.47 Å².